The summed E-state index contributed by atoms with van der Waals surface area (Å²) in [7, 11) is 1.36. The minimum atomic E-state index is -1.53. The monoisotopic (exact) mass is 269 g/mol. The van der Waals surface area contributed by atoms with Crippen LogP contribution < -0.4 is 10.1 Å². The number of aliphatic hydroxyl groups is 1. The fourth-order valence-corrected chi connectivity index (χ4v) is 1.41. The minimum Gasteiger partial charge on any atom is -0.504 e. The van der Waals surface area contributed by atoms with E-state index in [9.17, 15) is 14.7 Å². The molecular formula is C12H15NO6. The van der Waals surface area contributed by atoms with Crippen molar-refractivity contribution in [3.8, 4) is 11.5 Å². The molecule has 0 aromatic heterocycles. The molecular weight excluding hydrogens is 254 g/mol. The van der Waals surface area contributed by atoms with E-state index in [-0.39, 0.29) is 30.0 Å². The number of rotatable bonds is 6. The molecule has 1 aromatic carbocycles. The number of para-hydroxylation sites is 1. The Balaban J connectivity index is 2.62. The number of aromatic hydroxyl groups is 1. The van der Waals surface area contributed by atoms with E-state index in [1.807, 2.05) is 0 Å². The van der Waals surface area contributed by atoms with Crippen LogP contribution >= 0.6 is 0 Å². The van der Waals surface area contributed by atoms with Crippen LogP contribution in [0.5, 0.6) is 11.5 Å². The number of methoxy groups -OCH3 is 1. The maximum Gasteiger partial charge on any atom is 0.332 e. The van der Waals surface area contributed by atoms with Gasteiger partial charge in [0.05, 0.1) is 12.7 Å². The van der Waals surface area contributed by atoms with Crippen molar-refractivity contribution >= 4 is 11.9 Å². The number of carboxylic acid groups (broad SMARTS) is 1. The molecule has 0 aliphatic carbocycles. The van der Waals surface area contributed by atoms with Gasteiger partial charge < -0.3 is 25.4 Å². The van der Waals surface area contributed by atoms with Crippen molar-refractivity contribution in [1.29, 1.82) is 0 Å². The van der Waals surface area contributed by atoms with Gasteiger partial charge in [0.25, 0.3) is 5.91 Å². The van der Waals surface area contributed by atoms with Crippen molar-refractivity contribution in [3.05, 3.63) is 23.8 Å². The SMILES string of the molecule is COc1cccc(C(=O)NCC[C@H](O)C(=O)O)c1O. The Hall–Kier alpha value is -2.28. The number of carbonyl (C=O) groups is 2. The van der Waals surface area contributed by atoms with Gasteiger partial charge in [-0.1, -0.05) is 6.07 Å². The fourth-order valence-electron chi connectivity index (χ4n) is 1.41. The predicted molar refractivity (Wildman–Crippen MR) is 65.3 cm³/mol. The molecule has 1 amide bonds. The van der Waals surface area contributed by atoms with Crippen LogP contribution in [0, 0.1) is 0 Å². The van der Waals surface area contributed by atoms with Crippen molar-refractivity contribution in [2.45, 2.75) is 12.5 Å². The number of ether oxygens (including phenoxy) is 1. The Kier molecular flexibility index (Phi) is 5.13. The second kappa shape index (κ2) is 6.60. The molecule has 0 aliphatic heterocycles. The Morgan fingerprint density at radius 2 is 2.11 bits per heavy atom. The summed E-state index contributed by atoms with van der Waals surface area (Å²) in [5.74, 6) is -2.05. The molecule has 7 nitrogen and oxygen atoms in total. The van der Waals surface area contributed by atoms with Gasteiger partial charge in [0, 0.05) is 13.0 Å². The summed E-state index contributed by atoms with van der Waals surface area (Å²) in [4.78, 5) is 22.1. The first kappa shape index (κ1) is 14.8. The summed E-state index contributed by atoms with van der Waals surface area (Å²) in [6.45, 7) is -0.0249. The second-order valence-electron chi connectivity index (χ2n) is 3.76. The summed E-state index contributed by atoms with van der Waals surface area (Å²) in [6, 6.07) is 4.45. The molecule has 0 saturated heterocycles. The van der Waals surface area contributed by atoms with Crippen LogP contribution in [-0.2, 0) is 4.79 Å². The minimum absolute atomic E-state index is 0.0177. The average molecular weight is 269 g/mol. The Morgan fingerprint density at radius 3 is 2.68 bits per heavy atom. The Labute approximate surface area is 109 Å². The zero-order valence-corrected chi connectivity index (χ0v) is 10.3. The highest BCUT2D eigenvalue weighted by molar-refractivity contribution is 5.97. The van der Waals surface area contributed by atoms with Crippen LogP contribution in [0.25, 0.3) is 0 Å². The van der Waals surface area contributed by atoms with Gasteiger partial charge in [-0.2, -0.15) is 0 Å². The smallest absolute Gasteiger partial charge is 0.332 e. The number of aliphatic hydroxyl groups excluding tert-OH is 1. The summed E-state index contributed by atoms with van der Waals surface area (Å²) in [6.07, 6.45) is -1.65. The molecule has 1 rings (SSSR count). The van der Waals surface area contributed by atoms with Gasteiger partial charge >= 0.3 is 5.97 Å². The van der Waals surface area contributed by atoms with Crippen molar-refractivity contribution in [2.24, 2.45) is 0 Å². The van der Waals surface area contributed by atoms with E-state index in [4.69, 9.17) is 14.9 Å². The van der Waals surface area contributed by atoms with Crippen LogP contribution in [0.15, 0.2) is 18.2 Å². The predicted octanol–water partition coefficient (Wildman–Crippen LogP) is -0.0338. The zero-order chi connectivity index (χ0) is 14.4. The molecule has 19 heavy (non-hydrogen) atoms. The molecule has 0 saturated carbocycles. The highest BCUT2D eigenvalue weighted by atomic mass is 16.5. The van der Waals surface area contributed by atoms with Crippen molar-refractivity contribution in [3.63, 3.8) is 0 Å². The highest BCUT2D eigenvalue weighted by Crippen LogP contribution is 2.29. The number of carboxylic acids is 1. The third-order valence-electron chi connectivity index (χ3n) is 2.45. The largest absolute Gasteiger partial charge is 0.504 e. The number of amides is 1. The maximum absolute atomic E-state index is 11.7. The fraction of sp³-hybridized carbons (Fsp3) is 0.333. The van der Waals surface area contributed by atoms with Gasteiger partial charge in [-0.05, 0) is 12.1 Å². The number of phenolic OH excluding ortho intramolecular Hbond substituents is 1. The van der Waals surface area contributed by atoms with Crippen molar-refractivity contribution < 1.29 is 29.6 Å². The molecule has 0 radical (unpaired) electrons. The summed E-state index contributed by atoms with van der Waals surface area (Å²) < 4.78 is 4.86. The normalized spacial score (nSPS) is 11.7. The lowest BCUT2D eigenvalue weighted by atomic mass is 10.1. The zero-order valence-electron chi connectivity index (χ0n) is 10.3. The number of hydrogen-bond donors (Lipinski definition) is 4. The van der Waals surface area contributed by atoms with Crippen LogP contribution in [0.1, 0.15) is 16.8 Å². The van der Waals surface area contributed by atoms with Crippen LogP contribution in [0.2, 0.25) is 0 Å². The average Bonchev–Trinajstić information content (AvgIpc) is 2.38. The highest BCUT2D eigenvalue weighted by Gasteiger charge is 2.16. The molecule has 4 N–H and O–H groups in total. The van der Waals surface area contributed by atoms with Crippen LogP contribution in [0.3, 0.4) is 0 Å². The van der Waals surface area contributed by atoms with Crippen LogP contribution in [-0.4, -0.2) is 47.0 Å². The first-order valence-electron chi connectivity index (χ1n) is 5.52. The van der Waals surface area contributed by atoms with E-state index in [1.54, 1.807) is 6.07 Å². The standard InChI is InChI=1S/C12H15NO6/c1-19-9-4-2-3-7(10(9)15)11(16)13-6-5-8(14)12(17)18/h2-4,8,14-15H,5-6H2,1H3,(H,13,16)(H,17,18)/t8-/m0/s1. The maximum atomic E-state index is 11.7. The lowest BCUT2D eigenvalue weighted by Gasteiger charge is -2.10. The lowest BCUT2D eigenvalue weighted by Crippen LogP contribution is -2.30. The molecule has 7 heteroatoms. The van der Waals surface area contributed by atoms with Gasteiger partial charge in [0.15, 0.2) is 17.6 Å². The molecule has 1 atom stereocenters. The van der Waals surface area contributed by atoms with Gasteiger partial charge in [-0.3, -0.25) is 4.79 Å². The Morgan fingerprint density at radius 1 is 1.42 bits per heavy atom. The topological polar surface area (TPSA) is 116 Å². The number of aliphatic carboxylic acids is 1. The van der Waals surface area contributed by atoms with Crippen molar-refractivity contribution in [1.82, 2.24) is 5.32 Å². The number of nitrogens with one attached hydrogen (secondary N) is 1. The second-order valence-corrected chi connectivity index (χ2v) is 3.76. The third kappa shape index (κ3) is 3.85. The third-order valence-corrected chi connectivity index (χ3v) is 2.45. The van der Waals surface area contributed by atoms with Gasteiger partial charge in [-0.25, -0.2) is 4.79 Å². The van der Waals surface area contributed by atoms with E-state index in [2.05, 4.69) is 5.32 Å². The van der Waals surface area contributed by atoms with E-state index in [0.29, 0.717) is 0 Å². The molecule has 0 bridgehead atoms. The molecule has 0 aliphatic rings. The molecule has 0 unspecified atom stereocenters. The summed E-state index contributed by atoms with van der Waals surface area (Å²) in [5.41, 5.74) is 0.0177. The first-order valence-corrected chi connectivity index (χ1v) is 5.52. The van der Waals surface area contributed by atoms with E-state index in [0.717, 1.165) is 0 Å². The molecule has 0 fully saturated rings. The Bertz CT molecular complexity index is 473. The summed E-state index contributed by atoms with van der Waals surface area (Å²) >= 11 is 0. The van der Waals surface area contributed by atoms with E-state index in [1.165, 1.54) is 19.2 Å². The van der Waals surface area contributed by atoms with Gasteiger partial charge in [0.2, 0.25) is 0 Å². The number of carbonyl (C=O) groups excluding carboxylic acids is 1. The molecule has 104 valence electrons. The first-order chi connectivity index (χ1) is 8.97. The van der Waals surface area contributed by atoms with Crippen molar-refractivity contribution in [2.75, 3.05) is 13.7 Å². The number of phenols is 1. The van der Waals surface area contributed by atoms with E-state index < -0.39 is 18.0 Å². The van der Waals surface area contributed by atoms with E-state index >= 15 is 0 Å². The molecule has 0 spiro atoms. The quantitative estimate of drug-likeness (QED) is 0.576. The van der Waals surface area contributed by atoms with Gasteiger partial charge in [-0.15, -0.1) is 0 Å². The summed E-state index contributed by atoms with van der Waals surface area (Å²) in [5, 5.41) is 29.6. The van der Waals surface area contributed by atoms with Gasteiger partial charge in [0.1, 0.15) is 0 Å². The number of benzene rings is 1. The lowest BCUT2D eigenvalue weighted by molar-refractivity contribution is -0.146. The van der Waals surface area contributed by atoms with Crippen LogP contribution in [0.4, 0.5) is 0 Å². The molecule has 0 heterocycles. The molecule has 1 aromatic rings. The number of hydrogen-bond acceptors (Lipinski definition) is 5.